The molecule has 0 aliphatic carbocycles. The van der Waals surface area contributed by atoms with Crippen molar-refractivity contribution in [2.24, 2.45) is 0 Å². The number of hydrogen-bond donors (Lipinski definition) is 0. The molecule has 15 heavy (non-hydrogen) atoms. The lowest BCUT2D eigenvalue weighted by molar-refractivity contribution is -0.879. The SMILES string of the molecule is C[N+]1(C)CCC(OC(=O)CCC(=O)Cl)C1. The number of nitrogens with zero attached hydrogens (tertiary/aromatic N) is 1. The van der Waals surface area contributed by atoms with E-state index in [1.807, 2.05) is 0 Å². The van der Waals surface area contributed by atoms with Crippen LogP contribution in [-0.4, -0.2) is 49.0 Å². The molecule has 0 spiro atoms. The topological polar surface area (TPSA) is 43.4 Å². The van der Waals surface area contributed by atoms with Crippen molar-refractivity contribution >= 4 is 22.8 Å². The number of quaternary nitrogens is 1. The van der Waals surface area contributed by atoms with Crippen LogP contribution in [0.4, 0.5) is 0 Å². The number of rotatable bonds is 4. The second-order valence-electron chi connectivity index (χ2n) is 4.60. The maximum Gasteiger partial charge on any atom is 0.306 e. The van der Waals surface area contributed by atoms with Crippen LogP contribution in [0.15, 0.2) is 0 Å². The minimum absolute atomic E-state index is 0.00192. The third-order valence-electron chi connectivity index (χ3n) is 2.58. The number of hydrogen-bond acceptors (Lipinski definition) is 3. The van der Waals surface area contributed by atoms with Gasteiger partial charge in [-0.2, -0.15) is 0 Å². The zero-order chi connectivity index (χ0) is 11.5. The van der Waals surface area contributed by atoms with Gasteiger partial charge in [-0.05, 0) is 11.6 Å². The lowest BCUT2D eigenvalue weighted by atomic mass is 10.3. The van der Waals surface area contributed by atoms with Crippen LogP contribution in [0.2, 0.25) is 0 Å². The molecule has 86 valence electrons. The number of ether oxygens (including phenoxy) is 1. The number of halogens is 1. The second-order valence-corrected chi connectivity index (χ2v) is 5.02. The van der Waals surface area contributed by atoms with Gasteiger partial charge in [-0.1, -0.05) is 0 Å². The Balaban J connectivity index is 2.25. The van der Waals surface area contributed by atoms with Crippen LogP contribution in [0.5, 0.6) is 0 Å². The van der Waals surface area contributed by atoms with Crippen molar-refractivity contribution in [3.8, 4) is 0 Å². The van der Waals surface area contributed by atoms with E-state index >= 15 is 0 Å². The van der Waals surface area contributed by atoms with Gasteiger partial charge in [0.1, 0.15) is 6.54 Å². The molecule has 1 unspecified atom stereocenters. The number of likely N-dealkylation sites (tertiary alicyclic amines) is 1. The molecule has 1 aliphatic heterocycles. The second kappa shape index (κ2) is 4.94. The fourth-order valence-electron chi connectivity index (χ4n) is 1.77. The fraction of sp³-hybridized carbons (Fsp3) is 0.800. The Morgan fingerprint density at radius 1 is 1.40 bits per heavy atom. The lowest BCUT2D eigenvalue weighted by Gasteiger charge is -2.22. The number of carbonyl (C=O) groups excluding carboxylic acids is 2. The summed E-state index contributed by atoms with van der Waals surface area (Å²) in [4.78, 5) is 21.7. The number of esters is 1. The van der Waals surface area contributed by atoms with E-state index < -0.39 is 5.24 Å². The van der Waals surface area contributed by atoms with Crippen LogP contribution in [0.1, 0.15) is 19.3 Å². The summed E-state index contributed by atoms with van der Waals surface area (Å²) >= 11 is 5.13. The largest absolute Gasteiger partial charge is 0.456 e. The standard InChI is InChI=1S/C10H17ClNO3/c1-12(2)6-5-8(7-12)15-10(14)4-3-9(11)13/h8H,3-7H2,1-2H3/q+1. The van der Waals surface area contributed by atoms with Crippen molar-refractivity contribution in [3.05, 3.63) is 0 Å². The molecule has 1 heterocycles. The number of carbonyl (C=O) groups is 2. The molecule has 1 saturated heterocycles. The summed E-state index contributed by atoms with van der Waals surface area (Å²) in [6.07, 6.45) is 1.04. The molecule has 0 bridgehead atoms. The van der Waals surface area contributed by atoms with E-state index in [9.17, 15) is 9.59 Å². The first-order valence-electron chi connectivity index (χ1n) is 5.09. The molecule has 4 nitrogen and oxygen atoms in total. The van der Waals surface area contributed by atoms with Gasteiger partial charge in [0.05, 0.1) is 27.1 Å². The molecule has 1 aliphatic rings. The van der Waals surface area contributed by atoms with E-state index in [2.05, 4.69) is 14.1 Å². The molecule has 5 heteroatoms. The van der Waals surface area contributed by atoms with E-state index in [4.69, 9.17) is 16.3 Å². The average molecular weight is 235 g/mol. The van der Waals surface area contributed by atoms with Crippen LogP contribution in [-0.2, 0) is 14.3 Å². The maximum absolute atomic E-state index is 11.3. The summed E-state index contributed by atoms with van der Waals surface area (Å²) in [6.45, 7) is 1.87. The van der Waals surface area contributed by atoms with Crippen molar-refractivity contribution in [1.82, 2.24) is 0 Å². The van der Waals surface area contributed by atoms with Gasteiger partial charge in [-0.25, -0.2) is 0 Å². The smallest absolute Gasteiger partial charge is 0.306 e. The Bertz CT molecular complexity index is 265. The van der Waals surface area contributed by atoms with E-state index in [-0.39, 0.29) is 24.9 Å². The van der Waals surface area contributed by atoms with Gasteiger partial charge in [0, 0.05) is 12.8 Å². The highest BCUT2D eigenvalue weighted by Crippen LogP contribution is 2.17. The minimum atomic E-state index is -0.491. The Kier molecular flexibility index (Phi) is 4.11. The quantitative estimate of drug-likeness (QED) is 0.413. The summed E-state index contributed by atoms with van der Waals surface area (Å²) in [5.74, 6) is -0.323. The molecule has 0 amide bonds. The average Bonchev–Trinajstić information content (AvgIpc) is 2.42. The molecule has 0 aromatic rings. The van der Waals surface area contributed by atoms with Gasteiger partial charge in [-0.15, -0.1) is 0 Å². The van der Waals surface area contributed by atoms with Crippen molar-refractivity contribution in [2.45, 2.75) is 25.4 Å². The molecule has 0 aromatic carbocycles. The Labute approximate surface area is 94.7 Å². The molecule has 0 saturated carbocycles. The molecule has 0 N–H and O–H groups in total. The summed E-state index contributed by atoms with van der Waals surface area (Å²) in [7, 11) is 4.21. The Hall–Kier alpha value is -0.610. The van der Waals surface area contributed by atoms with Crippen molar-refractivity contribution in [1.29, 1.82) is 0 Å². The molecule has 1 fully saturated rings. The summed E-state index contributed by atoms with van der Waals surface area (Å²) in [6, 6.07) is 0. The normalized spacial score (nSPS) is 23.8. The molecule has 0 radical (unpaired) electrons. The van der Waals surface area contributed by atoms with Crippen molar-refractivity contribution < 1.29 is 18.8 Å². The third-order valence-corrected chi connectivity index (χ3v) is 2.77. The zero-order valence-electron chi connectivity index (χ0n) is 9.16. The van der Waals surface area contributed by atoms with Crippen LogP contribution >= 0.6 is 11.6 Å². The van der Waals surface area contributed by atoms with Gasteiger partial charge >= 0.3 is 5.97 Å². The molecular formula is C10H17ClNO3+. The summed E-state index contributed by atoms with van der Waals surface area (Å²) in [5.41, 5.74) is 0. The van der Waals surface area contributed by atoms with Gasteiger partial charge < -0.3 is 9.22 Å². The summed E-state index contributed by atoms with van der Waals surface area (Å²) in [5, 5.41) is -0.491. The number of likely N-dealkylation sites (N-methyl/N-ethyl adjacent to an activating group) is 1. The van der Waals surface area contributed by atoms with E-state index in [1.165, 1.54) is 0 Å². The van der Waals surface area contributed by atoms with E-state index in [0.29, 0.717) is 0 Å². The lowest BCUT2D eigenvalue weighted by Crippen LogP contribution is -2.38. The van der Waals surface area contributed by atoms with Gasteiger partial charge in [0.15, 0.2) is 6.10 Å². The van der Waals surface area contributed by atoms with Crippen LogP contribution in [0.3, 0.4) is 0 Å². The highest BCUT2D eigenvalue weighted by Gasteiger charge is 2.33. The van der Waals surface area contributed by atoms with Crippen molar-refractivity contribution in [2.75, 3.05) is 27.2 Å². The van der Waals surface area contributed by atoms with Crippen LogP contribution in [0.25, 0.3) is 0 Å². The van der Waals surface area contributed by atoms with Gasteiger partial charge in [0.25, 0.3) is 0 Å². The summed E-state index contributed by atoms with van der Waals surface area (Å²) < 4.78 is 6.11. The van der Waals surface area contributed by atoms with Gasteiger partial charge in [0.2, 0.25) is 5.24 Å². The molecular weight excluding hydrogens is 218 g/mol. The molecule has 1 rings (SSSR count). The highest BCUT2D eigenvalue weighted by molar-refractivity contribution is 6.63. The first-order chi connectivity index (χ1) is 6.89. The van der Waals surface area contributed by atoms with Gasteiger partial charge in [-0.3, -0.25) is 9.59 Å². The maximum atomic E-state index is 11.3. The monoisotopic (exact) mass is 234 g/mol. The minimum Gasteiger partial charge on any atom is -0.456 e. The van der Waals surface area contributed by atoms with E-state index in [0.717, 1.165) is 24.0 Å². The van der Waals surface area contributed by atoms with E-state index in [1.54, 1.807) is 0 Å². The molecule has 0 aromatic heterocycles. The third kappa shape index (κ3) is 4.62. The zero-order valence-corrected chi connectivity index (χ0v) is 9.92. The van der Waals surface area contributed by atoms with Crippen LogP contribution in [0, 0.1) is 0 Å². The first kappa shape index (κ1) is 12.5. The predicted octanol–water partition coefficient (Wildman–Crippen LogP) is 0.924. The van der Waals surface area contributed by atoms with Crippen molar-refractivity contribution in [3.63, 3.8) is 0 Å². The Morgan fingerprint density at radius 3 is 2.53 bits per heavy atom. The van der Waals surface area contributed by atoms with Crippen LogP contribution < -0.4 is 0 Å². The Morgan fingerprint density at radius 2 is 2.07 bits per heavy atom. The molecule has 1 atom stereocenters. The fourth-order valence-corrected chi connectivity index (χ4v) is 1.86. The highest BCUT2D eigenvalue weighted by atomic mass is 35.5. The predicted molar refractivity (Wildman–Crippen MR) is 56.4 cm³/mol. The first-order valence-corrected chi connectivity index (χ1v) is 5.47.